The Hall–Kier alpha value is -2.36. The Labute approximate surface area is 105 Å². The summed E-state index contributed by atoms with van der Waals surface area (Å²) < 4.78 is 0. The van der Waals surface area contributed by atoms with Crippen LogP contribution in [-0.2, 0) is 0 Å². The molecule has 2 aromatic rings. The second-order valence-corrected chi connectivity index (χ2v) is 3.94. The number of rotatable bonds is 3. The maximum atomic E-state index is 11.4. The molecule has 0 aliphatic carbocycles. The summed E-state index contributed by atoms with van der Waals surface area (Å²) in [6, 6.07) is 10.7. The van der Waals surface area contributed by atoms with Crippen molar-refractivity contribution in [3.05, 3.63) is 47.8 Å². The third-order valence-electron chi connectivity index (χ3n) is 2.48. The molecule has 0 aliphatic heterocycles. The van der Waals surface area contributed by atoms with Gasteiger partial charge in [-0.1, -0.05) is 30.3 Å². The van der Waals surface area contributed by atoms with Crippen LogP contribution < -0.4 is 0 Å². The predicted molar refractivity (Wildman–Crippen MR) is 67.5 cm³/mol. The standard InChI is InChI=1S/C14H12N2O2/c1-9(17)12-8-13(10(2)18)16-14(15-12)11-6-4-3-5-7-11/h3-8H,1-2H3. The van der Waals surface area contributed by atoms with E-state index in [4.69, 9.17) is 0 Å². The van der Waals surface area contributed by atoms with Gasteiger partial charge in [0.05, 0.1) is 0 Å². The molecule has 0 saturated carbocycles. The van der Waals surface area contributed by atoms with E-state index < -0.39 is 0 Å². The van der Waals surface area contributed by atoms with Crippen LogP contribution in [0.2, 0.25) is 0 Å². The third kappa shape index (κ3) is 2.48. The van der Waals surface area contributed by atoms with Crippen molar-refractivity contribution in [1.82, 2.24) is 9.97 Å². The van der Waals surface area contributed by atoms with Gasteiger partial charge in [-0.3, -0.25) is 9.59 Å². The number of carbonyl (C=O) groups is 2. The summed E-state index contributed by atoms with van der Waals surface area (Å²) in [5.41, 5.74) is 1.30. The van der Waals surface area contributed by atoms with Crippen LogP contribution in [0.3, 0.4) is 0 Å². The van der Waals surface area contributed by atoms with E-state index in [1.54, 1.807) is 0 Å². The molecule has 1 aromatic carbocycles. The van der Waals surface area contributed by atoms with Gasteiger partial charge < -0.3 is 0 Å². The molecular weight excluding hydrogens is 228 g/mol. The molecule has 0 saturated heterocycles. The highest BCUT2D eigenvalue weighted by Gasteiger charge is 2.11. The van der Waals surface area contributed by atoms with Crippen LogP contribution in [0.15, 0.2) is 36.4 Å². The Bertz CT molecular complexity index is 574. The van der Waals surface area contributed by atoms with Crippen LogP contribution in [0, 0.1) is 0 Å². The molecule has 0 radical (unpaired) electrons. The van der Waals surface area contributed by atoms with E-state index in [1.807, 2.05) is 30.3 Å². The van der Waals surface area contributed by atoms with Crippen LogP contribution >= 0.6 is 0 Å². The van der Waals surface area contributed by atoms with Crippen LogP contribution in [0.5, 0.6) is 0 Å². The number of benzene rings is 1. The van der Waals surface area contributed by atoms with Gasteiger partial charge in [0.1, 0.15) is 11.4 Å². The van der Waals surface area contributed by atoms with Gasteiger partial charge in [0.2, 0.25) is 0 Å². The summed E-state index contributed by atoms with van der Waals surface area (Å²) in [6.45, 7) is 2.84. The van der Waals surface area contributed by atoms with Crippen molar-refractivity contribution in [3.8, 4) is 11.4 Å². The number of ketones is 2. The van der Waals surface area contributed by atoms with E-state index in [9.17, 15) is 9.59 Å². The smallest absolute Gasteiger partial charge is 0.178 e. The van der Waals surface area contributed by atoms with Crippen LogP contribution in [0.1, 0.15) is 34.8 Å². The number of aromatic nitrogens is 2. The van der Waals surface area contributed by atoms with Gasteiger partial charge in [-0.05, 0) is 6.07 Å². The van der Waals surface area contributed by atoms with Crippen molar-refractivity contribution in [2.75, 3.05) is 0 Å². The van der Waals surface area contributed by atoms with E-state index in [0.717, 1.165) is 5.56 Å². The van der Waals surface area contributed by atoms with E-state index >= 15 is 0 Å². The fraction of sp³-hybridized carbons (Fsp3) is 0.143. The molecule has 0 N–H and O–H groups in total. The average molecular weight is 240 g/mol. The van der Waals surface area contributed by atoms with Crippen molar-refractivity contribution in [2.45, 2.75) is 13.8 Å². The van der Waals surface area contributed by atoms with Gasteiger partial charge in [0.15, 0.2) is 17.4 Å². The molecular formula is C14H12N2O2. The highest BCUT2D eigenvalue weighted by Crippen LogP contribution is 2.16. The summed E-state index contributed by atoms with van der Waals surface area (Å²) in [7, 11) is 0. The Morgan fingerprint density at radius 2 is 1.39 bits per heavy atom. The van der Waals surface area contributed by atoms with Gasteiger partial charge >= 0.3 is 0 Å². The Morgan fingerprint density at radius 1 is 0.889 bits per heavy atom. The first-order valence-electron chi connectivity index (χ1n) is 5.54. The minimum atomic E-state index is -0.183. The number of carbonyl (C=O) groups excluding carboxylic acids is 2. The largest absolute Gasteiger partial charge is 0.293 e. The average Bonchev–Trinajstić information content (AvgIpc) is 2.39. The first-order chi connectivity index (χ1) is 8.58. The molecule has 4 heteroatoms. The molecule has 0 amide bonds. The summed E-state index contributed by atoms with van der Waals surface area (Å²) in [5.74, 6) is 0.0302. The lowest BCUT2D eigenvalue weighted by Crippen LogP contribution is -2.06. The fourth-order valence-electron chi connectivity index (χ4n) is 1.52. The van der Waals surface area contributed by atoms with E-state index in [-0.39, 0.29) is 23.0 Å². The van der Waals surface area contributed by atoms with E-state index in [2.05, 4.69) is 9.97 Å². The molecule has 90 valence electrons. The Balaban J connectivity index is 2.61. The number of Topliss-reactive ketones (excluding diaryl/α,β-unsaturated/α-hetero) is 2. The lowest BCUT2D eigenvalue weighted by atomic mass is 10.1. The molecule has 2 rings (SSSR count). The van der Waals surface area contributed by atoms with Gasteiger partial charge in [-0.25, -0.2) is 9.97 Å². The topological polar surface area (TPSA) is 59.9 Å². The van der Waals surface area contributed by atoms with Crippen molar-refractivity contribution in [2.24, 2.45) is 0 Å². The Morgan fingerprint density at radius 3 is 1.83 bits per heavy atom. The molecule has 0 atom stereocenters. The SMILES string of the molecule is CC(=O)c1cc(C(C)=O)nc(-c2ccccc2)n1. The van der Waals surface area contributed by atoms with E-state index in [0.29, 0.717) is 5.82 Å². The molecule has 1 aromatic heterocycles. The molecule has 0 spiro atoms. The molecule has 0 bridgehead atoms. The van der Waals surface area contributed by atoms with Crippen molar-refractivity contribution in [1.29, 1.82) is 0 Å². The molecule has 0 aliphatic rings. The first kappa shape index (κ1) is 12.1. The third-order valence-corrected chi connectivity index (χ3v) is 2.48. The molecule has 1 heterocycles. The number of hydrogen-bond donors (Lipinski definition) is 0. The van der Waals surface area contributed by atoms with Gasteiger partial charge in [0.25, 0.3) is 0 Å². The number of nitrogens with zero attached hydrogens (tertiary/aromatic N) is 2. The summed E-state index contributed by atoms with van der Waals surface area (Å²) in [6.07, 6.45) is 0. The minimum absolute atomic E-state index is 0.183. The summed E-state index contributed by atoms with van der Waals surface area (Å²) >= 11 is 0. The monoisotopic (exact) mass is 240 g/mol. The van der Waals surface area contributed by atoms with Crippen LogP contribution in [-0.4, -0.2) is 21.5 Å². The van der Waals surface area contributed by atoms with Crippen LogP contribution in [0.4, 0.5) is 0 Å². The number of hydrogen-bond acceptors (Lipinski definition) is 4. The van der Waals surface area contributed by atoms with E-state index in [1.165, 1.54) is 19.9 Å². The zero-order valence-corrected chi connectivity index (χ0v) is 10.2. The lowest BCUT2D eigenvalue weighted by molar-refractivity contribution is 0.101. The van der Waals surface area contributed by atoms with Crippen molar-refractivity contribution < 1.29 is 9.59 Å². The molecule has 0 unspecified atom stereocenters. The minimum Gasteiger partial charge on any atom is -0.293 e. The first-order valence-corrected chi connectivity index (χ1v) is 5.54. The van der Waals surface area contributed by atoms with Crippen molar-refractivity contribution in [3.63, 3.8) is 0 Å². The maximum Gasteiger partial charge on any atom is 0.178 e. The second-order valence-electron chi connectivity index (χ2n) is 3.94. The Kier molecular flexibility index (Phi) is 3.28. The normalized spacial score (nSPS) is 10.1. The van der Waals surface area contributed by atoms with Crippen LogP contribution in [0.25, 0.3) is 11.4 Å². The van der Waals surface area contributed by atoms with Crippen molar-refractivity contribution >= 4 is 11.6 Å². The second kappa shape index (κ2) is 4.87. The molecule has 18 heavy (non-hydrogen) atoms. The maximum absolute atomic E-state index is 11.4. The highest BCUT2D eigenvalue weighted by atomic mass is 16.1. The van der Waals surface area contributed by atoms with Gasteiger partial charge in [0, 0.05) is 19.4 Å². The predicted octanol–water partition coefficient (Wildman–Crippen LogP) is 2.55. The van der Waals surface area contributed by atoms with Gasteiger partial charge in [-0.2, -0.15) is 0 Å². The zero-order chi connectivity index (χ0) is 13.1. The molecule has 4 nitrogen and oxygen atoms in total. The summed E-state index contributed by atoms with van der Waals surface area (Å²) in [5, 5.41) is 0. The fourth-order valence-corrected chi connectivity index (χ4v) is 1.52. The lowest BCUT2D eigenvalue weighted by Gasteiger charge is -2.04. The molecule has 0 fully saturated rings. The quantitative estimate of drug-likeness (QED) is 0.773. The highest BCUT2D eigenvalue weighted by molar-refractivity contribution is 5.97. The van der Waals surface area contributed by atoms with Gasteiger partial charge in [-0.15, -0.1) is 0 Å². The zero-order valence-electron chi connectivity index (χ0n) is 10.2. The summed E-state index contributed by atoms with van der Waals surface area (Å²) in [4.78, 5) is 31.1.